The third kappa shape index (κ3) is 5.19. The number of aromatic nitrogens is 3. The molecule has 0 saturated carbocycles. The predicted molar refractivity (Wildman–Crippen MR) is 136 cm³/mol. The number of hydrogen-bond donors (Lipinski definition) is 2. The Morgan fingerprint density at radius 3 is 2.38 bits per heavy atom. The van der Waals surface area contributed by atoms with Crippen LogP contribution < -0.4 is 10.7 Å². The number of carboxylic acids is 1. The summed E-state index contributed by atoms with van der Waals surface area (Å²) in [6.07, 6.45) is 4.13. The van der Waals surface area contributed by atoms with Crippen molar-refractivity contribution in [3.8, 4) is 5.69 Å². The minimum atomic E-state index is -2.56. The highest BCUT2D eigenvalue weighted by atomic mass is 19.3. The number of alkyl halides is 2. The van der Waals surface area contributed by atoms with Crippen LogP contribution in [0.5, 0.6) is 0 Å². The number of aromatic carboxylic acids is 1. The number of carbonyl (C=O) groups is 1. The summed E-state index contributed by atoms with van der Waals surface area (Å²) in [4.78, 5) is 35.0. The van der Waals surface area contributed by atoms with E-state index in [1.807, 2.05) is 55.5 Å². The molecule has 10 heteroatoms. The molecule has 1 aliphatic heterocycles. The topological polar surface area (TPSA) is 100 Å². The van der Waals surface area contributed by atoms with E-state index in [0.29, 0.717) is 24.3 Å². The highest BCUT2D eigenvalue weighted by Crippen LogP contribution is 2.26. The van der Waals surface area contributed by atoms with Gasteiger partial charge in [0.1, 0.15) is 5.56 Å². The quantitative estimate of drug-likeness (QED) is 0.369. The van der Waals surface area contributed by atoms with Gasteiger partial charge in [-0.05, 0) is 48.2 Å². The van der Waals surface area contributed by atoms with Crippen LogP contribution in [0.25, 0.3) is 16.7 Å². The van der Waals surface area contributed by atoms with Gasteiger partial charge in [-0.2, -0.15) is 4.98 Å². The van der Waals surface area contributed by atoms with Gasteiger partial charge in [-0.15, -0.1) is 0 Å². The van der Waals surface area contributed by atoms with Crippen molar-refractivity contribution in [2.24, 2.45) is 0 Å². The summed E-state index contributed by atoms with van der Waals surface area (Å²) in [5.74, 6) is -3.65. The lowest BCUT2D eigenvalue weighted by Gasteiger charge is -2.38. The normalized spacial score (nSPS) is 14.9. The number of rotatable bonds is 8. The maximum absolute atomic E-state index is 13.0. The second-order valence-corrected chi connectivity index (χ2v) is 9.14. The molecule has 0 bridgehead atoms. The second kappa shape index (κ2) is 9.70. The SMILES string of the molecule is CCc1ccc(-n2cc(C(=O)O)c(=O)c3cnc(Nc4ccc(CCN5CC(F)(F)C5)cc4)nc32)cc1. The van der Waals surface area contributed by atoms with E-state index >= 15 is 0 Å². The molecular weight excluding hydrogens is 480 g/mol. The van der Waals surface area contributed by atoms with E-state index in [1.54, 1.807) is 9.47 Å². The Kier molecular flexibility index (Phi) is 6.43. The molecule has 0 aliphatic carbocycles. The van der Waals surface area contributed by atoms with E-state index in [0.717, 1.165) is 17.5 Å². The maximum Gasteiger partial charge on any atom is 0.341 e. The number of halogens is 2. The number of nitrogens with zero attached hydrogens (tertiary/aromatic N) is 4. The van der Waals surface area contributed by atoms with Crippen LogP contribution in [0.15, 0.2) is 65.7 Å². The standard InChI is InChI=1S/C27H25F2N5O3/c1-2-17-5-9-20(10-6-17)34-14-22(25(36)37)23(35)21-13-30-26(32-24(21)34)31-19-7-3-18(4-8-19)11-12-33-15-27(28,29)16-33/h3-10,13-14H,2,11-12,15-16H2,1H3,(H,36,37)(H,30,31,32). The fourth-order valence-corrected chi connectivity index (χ4v) is 4.35. The van der Waals surface area contributed by atoms with Crippen molar-refractivity contribution in [3.05, 3.63) is 87.8 Å². The number of anilines is 2. The summed E-state index contributed by atoms with van der Waals surface area (Å²) >= 11 is 0. The molecule has 0 spiro atoms. The lowest BCUT2D eigenvalue weighted by Crippen LogP contribution is -2.56. The average molecular weight is 506 g/mol. The molecule has 1 saturated heterocycles. The summed E-state index contributed by atoms with van der Waals surface area (Å²) in [6.45, 7) is 2.24. The van der Waals surface area contributed by atoms with Crippen LogP contribution in [0.1, 0.15) is 28.4 Å². The van der Waals surface area contributed by atoms with Crippen LogP contribution >= 0.6 is 0 Å². The number of likely N-dealkylation sites (tertiary alicyclic amines) is 1. The zero-order chi connectivity index (χ0) is 26.2. The summed E-state index contributed by atoms with van der Waals surface area (Å²) in [5.41, 5.74) is 2.77. The molecule has 0 radical (unpaired) electrons. The number of aryl methyl sites for hydroxylation is 1. The van der Waals surface area contributed by atoms with E-state index in [2.05, 4.69) is 15.3 Å². The van der Waals surface area contributed by atoms with Gasteiger partial charge >= 0.3 is 5.97 Å². The van der Waals surface area contributed by atoms with Gasteiger partial charge in [0, 0.05) is 30.3 Å². The van der Waals surface area contributed by atoms with E-state index in [1.165, 1.54) is 12.4 Å². The average Bonchev–Trinajstić information content (AvgIpc) is 2.87. The number of fused-ring (bicyclic) bond motifs is 1. The fraction of sp³-hybridized carbons (Fsp3) is 0.259. The molecule has 5 rings (SSSR count). The number of nitrogens with one attached hydrogen (secondary N) is 1. The van der Waals surface area contributed by atoms with Crippen molar-refractivity contribution in [1.82, 2.24) is 19.4 Å². The Labute approximate surface area is 211 Å². The smallest absolute Gasteiger partial charge is 0.341 e. The van der Waals surface area contributed by atoms with Gasteiger partial charge in [-0.3, -0.25) is 9.69 Å². The van der Waals surface area contributed by atoms with Crippen molar-refractivity contribution in [2.75, 3.05) is 25.0 Å². The molecular formula is C27H25F2N5O3. The first-order valence-electron chi connectivity index (χ1n) is 11.9. The molecule has 2 N–H and O–H groups in total. The van der Waals surface area contributed by atoms with Crippen LogP contribution in [0, 0.1) is 0 Å². The van der Waals surface area contributed by atoms with Gasteiger partial charge in [0.25, 0.3) is 5.92 Å². The molecule has 37 heavy (non-hydrogen) atoms. The summed E-state index contributed by atoms with van der Waals surface area (Å²) in [6, 6.07) is 15.1. The number of pyridine rings is 1. The summed E-state index contributed by atoms with van der Waals surface area (Å²) in [7, 11) is 0. The fourth-order valence-electron chi connectivity index (χ4n) is 4.35. The zero-order valence-corrected chi connectivity index (χ0v) is 20.1. The Morgan fingerprint density at radius 1 is 1.08 bits per heavy atom. The summed E-state index contributed by atoms with van der Waals surface area (Å²) in [5, 5.41) is 12.8. The monoisotopic (exact) mass is 505 g/mol. The van der Waals surface area contributed by atoms with Crippen LogP contribution in [0.4, 0.5) is 20.4 Å². The van der Waals surface area contributed by atoms with Crippen LogP contribution in [0.2, 0.25) is 0 Å². The highest BCUT2D eigenvalue weighted by Gasteiger charge is 2.43. The third-order valence-electron chi connectivity index (χ3n) is 6.43. The molecule has 1 aliphatic rings. The zero-order valence-electron chi connectivity index (χ0n) is 20.1. The number of hydrogen-bond acceptors (Lipinski definition) is 6. The Bertz CT molecular complexity index is 1510. The Hall–Kier alpha value is -4.18. The van der Waals surface area contributed by atoms with Gasteiger partial charge in [0.2, 0.25) is 11.4 Å². The molecule has 0 atom stereocenters. The Balaban J connectivity index is 1.41. The van der Waals surface area contributed by atoms with Gasteiger partial charge in [-0.25, -0.2) is 18.6 Å². The van der Waals surface area contributed by atoms with Crippen LogP contribution in [-0.4, -0.2) is 56.1 Å². The van der Waals surface area contributed by atoms with E-state index in [-0.39, 0.29) is 35.6 Å². The molecule has 3 heterocycles. The number of carboxylic acid groups (broad SMARTS) is 1. The van der Waals surface area contributed by atoms with Crippen molar-refractivity contribution in [3.63, 3.8) is 0 Å². The molecule has 0 unspecified atom stereocenters. The first kappa shape index (κ1) is 24.5. The van der Waals surface area contributed by atoms with Crippen LogP contribution in [-0.2, 0) is 12.8 Å². The van der Waals surface area contributed by atoms with Gasteiger partial charge in [0.05, 0.1) is 18.5 Å². The first-order chi connectivity index (χ1) is 17.7. The van der Waals surface area contributed by atoms with E-state index in [4.69, 9.17) is 0 Å². The minimum Gasteiger partial charge on any atom is -0.477 e. The van der Waals surface area contributed by atoms with Gasteiger partial charge in [0.15, 0.2) is 5.65 Å². The maximum atomic E-state index is 13.0. The van der Waals surface area contributed by atoms with Gasteiger partial charge < -0.3 is 15.0 Å². The first-order valence-corrected chi connectivity index (χ1v) is 11.9. The van der Waals surface area contributed by atoms with Crippen molar-refractivity contribution < 1.29 is 18.7 Å². The largest absolute Gasteiger partial charge is 0.477 e. The number of benzene rings is 2. The molecule has 2 aromatic carbocycles. The van der Waals surface area contributed by atoms with Crippen molar-refractivity contribution in [1.29, 1.82) is 0 Å². The highest BCUT2D eigenvalue weighted by molar-refractivity contribution is 5.92. The van der Waals surface area contributed by atoms with Crippen molar-refractivity contribution >= 4 is 28.6 Å². The van der Waals surface area contributed by atoms with E-state index in [9.17, 15) is 23.5 Å². The summed E-state index contributed by atoms with van der Waals surface area (Å²) < 4.78 is 27.6. The van der Waals surface area contributed by atoms with Crippen LogP contribution in [0.3, 0.4) is 0 Å². The molecule has 0 amide bonds. The lowest BCUT2D eigenvalue weighted by atomic mass is 10.1. The van der Waals surface area contributed by atoms with E-state index < -0.39 is 17.3 Å². The Morgan fingerprint density at radius 2 is 1.76 bits per heavy atom. The molecule has 4 aromatic rings. The molecule has 8 nitrogen and oxygen atoms in total. The third-order valence-corrected chi connectivity index (χ3v) is 6.43. The lowest BCUT2D eigenvalue weighted by molar-refractivity contribution is -0.129. The molecule has 1 fully saturated rings. The van der Waals surface area contributed by atoms with Gasteiger partial charge in [-0.1, -0.05) is 31.2 Å². The molecule has 2 aromatic heterocycles. The molecule has 190 valence electrons. The predicted octanol–water partition coefficient (Wildman–Crippen LogP) is 4.28. The minimum absolute atomic E-state index is 0.0944. The van der Waals surface area contributed by atoms with Crippen molar-refractivity contribution in [2.45, 2.75) is 25.7 Å². The second-order valence-electron chi connectivity index (χ2n) is 9.14.